The van der Waals surface area contributed by atoms with E-state index in [1.165, 1.54) is 0 Å². The van der Waals surface area contributed by atoms with Crippen LogP contribution in [0.5, 0.6) is 0 Å². The van der Waals surface area contributed by atoms with Gasteiger partial charge in [-0.1, -0.05) is 29.9 Å². The highest BCUT2D eigenvalue weighted by Crippen LogP contribution is 2.03. The van der Waals surface area contributed by atoms with Gasteiger partial charge in [-0.15, -0.1) is 0 Å². The van der Waals surface area contributed by atoms with Crippen LogP contribution in [0.4, 0.5) is 0 Å². The molecule has 0 saturated heterocycles. The Bertz CT molecular complexity index is 387. The largest absolute Gasteiger partial charge is 0.393 e. The fraction of sp³-hybridized carbons (Fsp3) is 0.385. The summed E-state index contributed by atoms with van der Waals surface area (Å²) in [6.45, 7) is 2.66. The molecule has 0 radical (unpaired) electrons. The molecule has 0 fully saturated rings. The van der Waals surface area contributed by atoms with Crippen molar-refractivity contribution in [1.29, 1.82) is 0 Å². The molecule has 3 nitrogen and oxygen atoms in total. The van der Waals surface area contributed by atoms with Crippen LogP contribution in [0, 0.1) is 6.92 Å². The minimum absolute atomic E-state index is 0.0275. The third-order valence-corrected chi connectivity index (χ3v) is 2.65. The number of hydrogen-bond acceptors (Lipinski definition) is 2. The topological polar surface area (TPSA) is 55.1 Å². The Kier molecular flexibility index (Phi) is 5.63. The van der Waals surface area contributed by atoms with Gasteiger partial charge in [0.15, 0.2) is 0 Å². The summed E-state index contributed by atoms with van der Waals surface area (Å²) >= 11 is 4.78. The molecule has 3 N–H and O–H groups in total. The normalized spacial score (nSPS) is 9.94. The fourth-order valence-electron chi connectivity index (χ4n) is 1.43. The van der Waals surface area contributed by atoms with E-state index in [0.717, 1.165) is 24.8 Å². The molecule has 0 aromatic heterocycles. The Morgan fingerprint density at radius 1 is 1.29 bits per heavy atom. The molecular weight excluding hydrogens is 232 g/mol. The third-order valence-electron chi connectivity index (χ3n) is 2.45. The monoisotopic (exact) mass is 250 g/mol. The van der Waals surface area contributed by atoms with E-state index in [0.29, 0.717) is 17.1 Å². The molecule has 0 bridgehead atoms. The summed E-state index contributed by atoms with van der Waals surface area (Å²) in [5.41, 5.74) is 7.23. The van der Waals surface area contributed by atoms with Gasteiger partial charge in [-0.25, -0.2) is 0 Å². The van der Waals surface area contributed by atoms with Gasteiger partial charge in [-0.2, -0.15) is 0 Å². The molecule has 0 aliphatic carbocycles. The van der Waals surface area contributed by atoms with Crippen molar-refractivity contribution in [2.24, 2.45) is 5.73 Å². The first-order valence-corrected chi connectivity index (χ1v) is 6.13. The minimum atomic E-state index is -0.0275. The van der Waals surface area contributed by atoms with Crippen molar-refractivity contribution in [3.8, 4) is 0 Å². The number of thiocarbonyl (C=S) groups is 1. The molecule has 1 aromatic rings. The van der Waals surface area contributed by atoms with Gasteiger partial charge in [0, 0.05) is 12.1 Å². The van der Waals surface area contributed by atoms with Crippen LogP contribution in [-0.4, -0.2) is 17.4 Å². The molecule has 0 unspecified atom stereocenters. The summed E-state index contributed by atoms with van der Waals surface area (Å²) in [4.78, 5) is 12.2. The first-order chi connectivity index (χ1) is 8.09. The smallest absolute Gasteiger partial charge is 0.251 e. The van der Waals surface area contributed by atoms with E-state index in [9.17, 15) is 4.79 Å². The van der Waals surface area contributed by atoms with Gasteiger partial charge >= 0.3 is 0 Å². The lowest BCUT2D eigenvalue weighted by Crippen LogP contribution is -2.24. The predicted octanol–water partition coefficient (Wildman–Crippen LogP) is 2.18. The van der Waals surface area contributed by atoms with Gasteiger partial charge < -0.3 is 11.1 Å². The Hall–Kier alpha value is -1.42. The Labute approximate surface area is 107 Å². The summed E-state index contributed by atoms with van der Waals surface area (Å²) in [6, 6.07) is 7.53. The van der Waals surface area contributed by atoms with E-state index in [1.54, 1.807) is 0 Å². The molecule has 1 aromatic carbocycles. The molecule has 0 heterocycles. The molecule has 0 aliphatic heterocycles. The number of benzene rings is 1. The molecule has 0 atom stereocenters. The summed E-state index contributed by atoms with van der Waals surface area (Å²) in [5.74, 6) is -0.0275. The summed E-state index contributed by atoms with van der Waals surface area (Å²) < 4.78 is 0. The van der Waals surface area contributed by atoms with E-state index < -0.39 is 0 Å². The van der Waals surface area contributed by atoms with Gasteiger partial charge in [-0.3, -0.25) is 4.79 Å². The standard InChI is InChI=1S/C13H18N2OS/c1-10-5-7-11(8-6-10)13(16)15-9-3-2-4-12(14)17/h5-8H,2-4,9H2,1H3,(H2,14,17)(H,15,16). The van der Waals surface area contributed by atoms with E-state index >= 15 is 0 Å². The van der Waals surface area contributed by atoms with E-state index in [2.05, 4.69) is 5.32 Å². The number of nitrogens with one attached hydrogen (secondary N) is 1. The molecule has 1 rings (SSSR count). The molecule has 0 saturated carbocycles. The average Bonchev–Trinajstić information content (AvgIpc) is 2.29. The maximum atomic E-state index is 11.7. The molecule has 4 heteroatoms. The van der Waals surface area contributed by atoms with Crippen molar-refractivity contribution >= 4 is 23.1 Å². The quantitative estimate of drug-likeness (QED) is 0.601. The third kappa shape index (κ3) is 5.45. The summed E-state index contributed by atoms with van der Waals surface area (Å²) in [7, 11) is 0. The van der Waals surface area contributed by atoms with Gasteiger partial charge in [0.2, 0.25) is 0 Å². The maximum Gasteiger partial charge on any atom is 0.251 e. The summed E-state index contributed by atoms with van der Waals surface area (Å²) in [6.07, 6.45) is 2.56. The van der Waals surface area contributed by atoms with Crippen LogP contribution in [-0.2, 0) is 0 Å². The van der Waals surface area contributed by atoms with Crippen LogP contribution in [0.25, 0.3) is 0 Å². The molecule has 1 amide bonds. The first kappa shape index (κ1) is 13.6. The number of carbonyl (C=O) groups excluding carboxylic acids is 1. The number of nitrogens with two attached hydrogens (primary N) is 1. The number of rotatable bonds is 6. The lowest BCUT2D eigenvalue weighted by molar-refractivity contribution is 0.0953. The van der Waals surface area contributed by atoms with E-state index in [4.69, 9.17) is 18.0 Å². The van der Waals surface area contributed by atoms with E-state index in [-0.39, 0.29) is 5.91 Å². The predicted molar refractivity (Wildman–Crippen MR) is 74.1 cm³/mol. The van der Waals surface area contributed by atoms with Crippen molar-refractivity contribution in [3.05, 3.63) is 35.4 Å². The highest BCUT2D eigenvalue weighted by Gasteiger charge is 2.03. The van der Waals surface area contributed by atoms with Gasteiger partial charge in [0.1, 0.15) is 0 Å². The second-order valence-electron chi connectivity index (χ2n) is 4.05. The molecule has 0 aliphatic rings. The molecule has 0 spiro atoms. The fourth-order valence-corrected chi connectivity index (χ4v) is 1.58. The van der Waals surface area contributed by atoms with Crippen LogP contribution < -0.4 is 11.1 Å². The average molecular weight is 250 g/mol. The van der Waals surface area contributed by atoms with Crippen LogP contribution in [0.1, 0.15) is 35.2 Å². The van der Waals surface area contributed by atoms with Crippen molar-refractivity contribution in [1.82, 2.24) is 5.32 Å². The zero-order valence-electron chi connectivity index (χ0n) is 10.0. The number of amides is 1. The van der Waals surface area contributed by atoms with Crippen LogP contribution in [0.15, 0.2) is 24.3 Å². The summed E-state index contributed by atoms with van der Waals surface area (Å²) in [5, 5.41) is 2.87. The minimum Gasteiger partial charge on any atom is -0.393 e. The SMILES string of the molecule is Cc1ccc(C(=O)NCCCCC(N)=S)cc1. The zero-order valence-corrected chi connectivity index (χ0v) is 10.8. The second-order valence-corrected chi connectivity index (χ2v) is 4.57. The Morgan fingerprint density at radius 2 is 1.94 bits per heavy atom. The number of hydrogen-bond donors (Lipinski definition) is 2. The highest BCUT2D eigenvalue weighted by molar-refractivity contribution is 7.80. The Balaban J connectivity index is 2.25. The molecule has 17 heavy (non-hydrogen) atoms. The first-order valence-electron chi connectivity index (χ1n) is 5.73. The zero-order chi connectivity index (χ0) is 12.7. The lowest BCUT2D eigenvalue weighted by atomic mass is 10.1. The maximum absolute atomic E-state index is 11.7. The van der Waals surface area contributed by atoms with Crippen LogP contribution in [0.2, 0.25) is 0 Å². The lowest BCUT2D eigenvalue weighted by Gasteiger charge is -2.05. The van der Waals surface area contributed by atoms with Crippen molar-refractivity contribution < 1.29 is 4.79 Å². The number of carbonyl (C=O) groups is 1. The van der Waals surface area contributed by atoms with Crippen molar-refractivity contribution in [2.75, 3.05) is 6.54 Å². The Morgan fingerprint density at radius 3 is 2.53 bits per heavy atom. The van der Waals surface area contributed by atoms with E-state index in [1.807, 2.05) is 31.2 Å². The van der Waals surface area contributed by atoms with Crippen molar-refractivity contribution in [2.45, 2.75) is 26.2 Å². The highest BCUT2D eigenvalue weighted by atomic mass is 32.1. The van der Waals surface area contributed by atoms with Crippen LogP contribution >= 0.6 is 12.2 Å². The molecular formula is C13H18N2OS. The number of aryl methyl sites for hydroxylation is 1. The molecule has 92 valence electrons. The van der Waals surface area contributed by atoms with Crippen molar-refractivity contribution in [3.63, 3.8) is 0 Å². The van der Waals surface area contributed by atoms with Crippen LogP contribution in [0.3, 0.4) is 0 Å². The van der Waals surface area contributed by atoms with Gasteiger partial charge in [0.05, 0.1) is 4.99 Å². The number of unbranched alkanes of at least 4 members (excludes halogenated alkanes) is 1. The second kappa shape index (κ2) is 7.01. The van der Waals surface area contributed by atoms with Gasteiger partial charge in [-0.05, 0) is 38.3 Å². The van der Waals surface area contributed by atoms with Gasteiger partial charge in [0.25, 0.3) is 5.91 Å².